The van der Waals surface area contributed by atoms with Crippen LogP contribution < -0.4 is 4.74 Å². The maximum Gasteiger partial charge on any atom is 0.337 e. The van der Waals surface area contributed by atoms with Crippen LogP contribution in [0.3, 0.4) is 0 Å². The molecule has 0 saturated heterocycles. The van der Waals surface area contributed by atoms with Crippen LogP contribution in [0.2, 0.25) is 0 Å². The molecule has 11 nitrogen and oxygen atoms in total. The molecule has 0 aliphatic rings. The number of halogens is 1. The van der Waals surface area contributed by atoms with Gasteiger partial charge in [-0.05, 0) is 51.8 Å². The summed E-state index contributed by atoms with van der Waals surface area (Å²) in [6.07, 6.45) is 0.0802. The lowest BCUT2D eigenvalue weighted by molar-refractivity contribution is -0.188. The molecule has 1 aromatic carbocycles. The van der Waals surface area contributed by atoms with E-state index >= 15 is 0 Å². The lowest BCUT2D eigenvalue weighted by Gasteiger charge is -2.41. The zero-order valence-corrected chi connectivity index (χ0v) is 28.4. The second-order valence-corrected chi connectivity index (χ2v) is 12.4. The first-order valence-corrected chi connectivity index (χ1v) is 14.6. The van der Waals surface area contributed by atoms with Gasteiger partial charge in [-0.1, -0.05) is 41.6 Å². The monoisotopic (exact) mass is 682 g/mol. The van der Waals surface area contributed by atoms with Gasteiger partial charge < -0.3 is 28.4 Å². The molecule has 0 aliphatic carbocycles. The summed E-state index contributed by atoms with van der Waals surface area (Å²) in [4.78, 5) is 61.5. The van der Waals surface area contributed by atoms with E-state index in [4.69, 9.17) is 28.4 Å². The molecule has 1 aromatic rings. The number of esters is 5. The van der Waals surface area contributed by atoms with Gasteiger partial charge >= 0.3 is 29.8 Å². The Morgan fingerprint density at radius 1 is 0.932 bits per heavy atom. The van der Waals surface area contributed by atoms with Crippen molar-refractivity contribution in [3.63, 3.8) is 0 Å². The summed E-state index contributed by atoms with van der Waals surface area (Å²) >= 11 is 3.24. The minimum atomic E-state index is -1.35. The highest BCUT2D eigenvalue weighted by Gasteiger charge is 2.47. The molecule has 4 atom stereocenters. The van der Waals surface area contributed by atoms with Crippen molar-refractivity contribution >= 4 is 51.9 Å². The van der Waals surface area contributed by atoms with Crippen molar-refractivity contribution in [3.05, 3.63) is 46.5 Å². The predicted molar refractivity (Wildman–Crippen MR) is 166 cm³/mol. The van der Waals surface area contributed by atoms with E-state index in [1.54, 1.807) is 58.0 Å². The summed E-state index contributed by atoms with van der Waals surface area (Å²) < 4.78 is 32.9. The third-order valence-electron chi connectivity index (χ3n) is 6.44. The first-order chi connectivity index (χ1) is 20.4. The fourth-order valence-electron chi connectivity index (χ4n) is 4.26. The molecule has 1 rings (SSSR count). The summed E-state index contributed by atoms with van der Waals surface area (Å²) in [5, 5.41) is 0. The fraction of sp³-hybridized carbons (Fsp3) is 0.531. The highest BCUT2D eigenvalue weighted by molar-refractivity contribution is 9.11. The van der Waals surface area contributed by atoms with Crippen LogP contribution in [0.1, 0.15) is 77.2 Å². The second kappa shape index (κ2) is 17.0. The molecule has 0 unspecified atom stereocenters. The molecular formula is C32H43BrO11. The van der Waals surface area contributed by atoms with Crippen LogP contribution in [0, 0.1) is 10.8 Å². The van der Waals surface area contributed by atoms with Crippen molar-refractivity contribution in [2.24, 2.45) is 10.8 Å². The summed E-state index contributed by atoms with van der Waals surface area (Å²) in [7, 11) is 2.73. The fourth-order valence-corrected chi connectivity index (χ4v) is 4.62. The molecule has 0 saturated carbocycles. The standard InChI is InChI=1S/C32H43BrO11/c1-19(33)26(42-20(2)34)27(43-21(3)35)28(44-22(4)36)32(8,15-11-17-41-30(38)31(5,6)7)16-14-23-18-24(29(37)40-10)12-13-25(23)39-9/h12-14,16,18,26-28H,1,11,15,17H2,2-10H3/b16-14+/t26-,27+,28+,32-/m0/s1. The average molecular weight is 684 g/mol. The number of rotatable bonds is 15. The zero-order valence-electron chi connectivity index (χ0n) is 26.8. The van der Waals surface area contributed by atoms with Crippen molar-refractivity contribution < 1.29 is 52.4 Å². The van der Waals surface area contributed by atoms with Gasteiger partial charge in [0.25, 0.3) is 0 Å². The van der Waals surface area contributed by atoms with Gasteiger partial charge in [0, 0.05) is 36.2 Å². The van der Waals surface area contributed by atoms with Crippen molar-refractivity contribution in [2.75, 3.05) is 20.8 Å². The largest absolute Gasteiger partial charge is 0.496 e. The molecule has 44 heavy (non-hydrogen) atoms. The lowest BCUT2D eigenvalue weighted by Crippen LogP contribution is -2.52. The number of carbonyl (C=O) groups is 5. The molecule has 0 spiro atoms. The Labute approximate surface area is 267 Å². The maximum atomic E-state index is 12.5. The van der Waals surface area contributed by atoms with E-state index in [1.165, 1.54) is 35.0 Å². The molecule has 0 radical (unpaired) electrons. The van der Waals surface area contributed by atoms with Crippen LogP contribution >= 0.6 is 15.9 Å². The normalized spacial score (nSPS) is 14.8. The van der Waals surface area contributed by atoms with Gasteiger partial charge in [-0.25, -0.2) is 4.79 Å². The zero-order chi connectivity index (χ0) is 33.8. The second-order valence-electron chi connectivity index (χ2n) is 11.4. The van der Waals surface area contributed by atoms with Crippen molar-refractivity contribution in [2.45, 2.75) is 79.6 Å². The van der Waals surface area contributed by atoms with E-state index < -0.39 is 53.0 Å². The Hall–Kier alpha value is -3.67. The number of ether oxygens (including phenoxy) is 6. The molecule has 0 aliphatic heterocycles. The van der Waals surface area contributed by atoms with E-state index in [9.17, 15) is 24.0 Å². The molecule has 0 amide bonds. The van der Waals surface area contributed by atoms with Gasteiger partial charge in [-0.3, -0.25) is 19.2 Å². The smallest absolute Gasteiger partial charge is 0.337 e. The third kappa shape index (κ3) is 11.8. The lowest BCUT2D eigenvalue weighted by atomic mass is 9.75. The quantitative estimate of drug-likeness (QED) is 0.130. The molecule has 12 heteroatoms. The van der Waals surface area contributed by atoms with Crippen LogP contribution in [0.5, 0.6) is 5.75 Å². The van der Waals surface area contributed by atoms with Crippen molar-refractivity contribution in [1.82, 2.24) is 0 Å². The van der Waals surface area contributed by atoms with Gasteiger partial charge in [-0.15, -0.1) is 0 Å². The SMILES string of the molecule is C=C(Br)[C@H](OC(C)=O)[C@@H](OC(C)=O)[C@@H](OC(C)=O)[C@](C)(/C=C/c1cc(C(=O)OC)ccc1OC)CCCOC(=O)C(C)(C)C. The summed E-state index contributed by atoms with van der Waals surface area (Å²) in [6, 6.07) is 4.72. The molecular weight excluding hydrogens is 640 g/mol. The third-order valence-corrected chi connectivity index (χ3v) is 6.89. The highest BCUT2D eigenvalue weighted by Crippen LogP contribution is 2.39. The topological polar surface area (TPSA) is 141 Å². The summed E-state index contributed by atoms with van der Waals surface area (Å²) in [6.45, 7) is 14.4. The van der Waals surface area contributed by atoms with E-state index in [-0.39, 0.29) is 29.0 Å². The minimum Gasteiger partial charge on any atom is -0.496 e. The molecule has 0 fully saturated rings. The van der Waals surface area contributed by atoms with Crippen LogP contribution in [0.4, 0.5) is 0 Å². The Morgan fingerprint density at radius 2 is 1.52 bits per heavy atom. The van der Waals surface area contributed by atoms with E-state index in [0.717, 1.165) is 0 Å². The number of benzene rings is 1. The van der Waals surface area contributed by atoms with Gasteiger partial charge in [0.15, 0.2) is 18.3 Å². The minimum absolute atomic E-state index is 0.0459. The summed E-state index contributed by atoms with van der Waals surface area (Å²) in [5.41, 5.74) is -1.11. The Bertz CT molecular complexity index is 1250. The van der Waals surface area contributed by atoms with Gasteiger partial charge in [0.05, 0.1) is 31.8 Å². The Balaban J connectivity index is 3.82. The number of hydrogen-bond donors (Lipinski definition) is 0. The van der Waals surface area contributed by atoms with Gasteiger partial charge in [0.2, 0.25) is 0 Å². The maximum absolute atomic E-state index is 12.5. The van der Waals surface area contributed by atoms with Crippen LogP contribution in [-0.2, 0) is 42.9 Å². The van der Waals surface area contributed by atoms with Gasteiger partial charge in [-0.2, -0.15) is 0 Å². The highest BCUT2D eigenvalue weighted by atomic mass is 79.9. The first kappa shape index (κ1) is 38.4. The molecule has 244 valence electrons. The average Bonchev–Trinajstić information content (AvgIpc) is 2.93. The molecule has 0 heterocycles. The van der Waals surface area contributed by atoms with Crippen molar-refractivity contribution in [1.29, 1.82) is 0 Å². The number of carbonyl (C=O) groups excluding carboxylic acids is 5. The predicted octanol–water partition coefficient (Wildman–Crippen LogP) is 5.57. The van der Waals surface area contributed by atoms with E-state index in [2.05, 4.69) is 22.5 Å². The number of hydrogen-bond acceptors (Lipinski definition) is 11. The van der Waals surface area contributed by atoms with Crippen LogP contribution in [0.25, 0.3) is 6.08 Å². The van der Waals surface area contributed by atoms with E-state index in [0.29, 0.717) is 17.7 Å². The van der Waals surface area contributed by atoms with Crippen LogP contribution in [-0.4, -0.2) is 69.0 Å². The molecule has 0 aromatic heterocycles. The van der Waals surface area contributed by atoms with Crippen LogP contribution in [0.15, 0.2) is 35.3 Å². The summed E-state index contributed by atoms with van der Waals surface area (Å²) in [5.74, 6) is -2.63. The number of methoxy groups -OCH3 is 2. The molecule has 0 bridgehead atoms. The van der Waals surface area contributed by atoms with E-state index in [1.807, 2.05) is 0 Å². The molecule has 0 N–H and O–H groups in total. The first-order valence-electron chi connectivity index (χ1n) is 13.8. The Morgan fingerprint density at radius 3 is 2.00 bits per heavy atom. The Kier molecular flexibility index (Phi) is 14.8. The van der Waals surface area contributed by atoms with Gasteiger partial charge in [0.1, 0.15) is 5.75 Å². The van der Waals surface area contributed by atoms with Crippen molar-refractivity contribution in [3.8, 4) is 5.75 Å².